The zero-order valence-electron chi connectivity index (χ0n) is 10.2. The molecule has 100 valence electrons. The smallest absolute Gasteiger partial charge is 0.408 e. The van der Waals surface area contributed by atoms with Gasteiger partial charge in [-0.15, -0.1) is 0 Å². The van der Waals surface area contributed by atoms with Gasteiger partial charge in [0.15, 0.2) is 0 Å². The first-order valence-electron chi connectivity index (χ1n) is 5.70. The number of benzene rings is 1. The summed E-state index contributed by atoms with van der Waals surface area (Å²) in [6.07, 6.45) is -0.871. The van der Waals surface area contributed by atoms with E-state index in [1.54, 1.807) is 12.1 Å². The van der Waals surface area contributed by atoms with Gasteiger partial charge in [-0.3, -0.25) is 4.79 Å². The summed E-state index contributed by atoms with van der Waals surface area (Å²) >= 11 is 0. The molecule has 1 amide bonds. The summed E-state index contributed by atoms with van der Waals surface area (Å²) in [7, 11) is 0. The number of ether oxygens (including phenoxy) is 1. The van der Waals surface area contributed by atoms with Crippen LogP contribution in [-0.4, -0.2) is 23.2 Å². The Kier molecular flexibility index (Phi) is 5.89. The molecule has 0 unspecified atom stereocenters. The Hall–Kier alpha value is -2.55. The van der Waals surface area contributed by atoms with Gasteiger partial charge >= 0.3 is 12.1 Å². The minimum atomic E-state index is -1.01. The van der Waals surface area contributed by atoms with E-state index in [9.17, 15) is 9.59 Å². The zero-order valence-corrected chi connectivity index (χ0v) is 10.2. The van der Waals surface area contributed by atoms with E-state index in [0.717, 1.165) is 5.56 Å². The van der Waals surface area contributed by atoms with Gasteiger partial charge in [-0.2, -0.15) is 5.26 Å². The van der Waals surface area contributed by atoms with E-state index in [1.807, 2.05) is 24.3 Å². The van der Waals surface area contributed by atoms with Crippen molar-refractivity contribution in [1.82, 2.24) is 5.32 Å². The normalized spacial score (nSPS) is 11.1. The molecule has 0 aliphatic rings. The van der Waals surface area contributed by atoms with Crippen molar-refractivity contribution in [2.75, 3.05) is 0 Å². The lowest BCUT2D eigenvalue weighted by Crippen LogP contribution is -2.34. The van der Waals surface area contributed by atoms with Crippen molar-refractivity contribution >= 4 is 12.1 Å². The Bertz CT molecular complexity index is 467. The first-order valence-corrected chi connectivity index (χ1v) is 5.70. The van der Waals surface area contributed by atoms with Gasteiger partial charge < -0.3 is 15.2 Å². The van der Waals surface area contributed by atoms with Crippen LogP contribution < -0.4 is 5.32 Å². The number of nitrogens with zero attached hydrogens (tertiary/aromatic N) is 1. The number of nitrogens with one attached hydrogen (secondary N) is 1. The second kappa shape index (κ2) is 7.71. The minimum absolute atomic E-state index is 0.0479. The number of carboxylic acids is 1. The third-order valence-corrected chi connectivity index (χ3v) is 2.31. The molecule has 1 aromatic rings. The third kappa shape index (κ3) is 6.07. The molecule has 1 rings (SSSR count). The fourth-order valence-electron chi connectivity index (χ4n) is 1.34. The van der Waals surface area contributed by atoms with Gasteiger partial charge in [0.25, 0.3) is 0 Å². The fourth-order valence-corrected chi connectivity index (χ4v) is 1.34. The van der Waals surface area contributed by atoms with Gasteiger partial charge in [0.2, 0.25) is 0 Å². The van der Waals surface area contributed by atoms with Crippen LogP contribution >= 0.6 is 0 Å². The number of aliphatic carboxylic acids is 1. The van der Waals surface area contributed by atoms with Gasteiger partial charge in [0.05, 0.1) is 6.07 Å². The Morgan fingerprint density at radius 3 is 2.63 bits per heavy atom. The molecule has 0 saturated carbocycles. The van der Waals surface area contributed by atoms with E-state index in [-0.39, 0.29) is 19.4 Å². The molecule has 0 bridgehead atoms. The SMILES string of the molecule is N#C[C@@H](CCC(=O)O)NC(=O)OCc1ccccc1. The molecule has 2 N–H and O–H groups in total. The second-order valence-corrected chi connectivity index (χ2v) is 3.82. The van der Waals surface area contributed by atoms with Crippen LogP contribution in [0.4, 0.5) is 4.79 Å². The quantitative estimate of drug-likeness (QED) is 0.812. The van der Waals surface area contributed by atoms with Gasteiger partial charge in [0.1, 0.15) is 12.6 Å². The second-order valence-electron chi connectivity index (χ2n) is 3.82. The highest BCUT2D eigenvalue weighted by atomic mass is 16.5. The van der Waals surface area contributed by atoms with Gasteiger partial charge in [-0.1, -0.05) is 30.3 Å². The van der Waals surface area contributed by atoms with Crippen LogP contribution in [0.15, 0.2) is 30.3 Å². The lowest BCUT2D eigenvalue weighted by atomic mass is 10.2. The molecule has 0 radical (unpaired) electrons. The molecule has 0 aliphatic heterocycles. The maximum atomic E-state index is 11.4. The predicted molar refractivity (Wildman–Crippen MR) is 66.0 cm³/mol. The maximum Gasteiger partial charge on any atom is 0.408 e. The average Bonchev–Trinajstić information content (AvgIpc) is 2.42. The van der Waals surface area contributed by atoms with Crippen LogP contribution in [0.25, 0.3) is 0 Å². The molecule has 19 heavy (non-hydrogen) atoms. The molecule has 1 atom stereocenters. The van der Waals surface area contributed by atoms with E-state index < -0.39 is 18.1 Å². The number of alkyl carbamates (subject to hydrolysis) is 1. The molecule has 6 heteroatoms. The fraction of sp³-hybridized carbons (Fsp3) is 0.308. The lowest BCUT2D eigenvalue weighted by Gasteiger charge is -2.10. The van der Waals surface area contributed by atoms with Crippen LogP contribution in [0, 0.1) is 11.3 Å². The van der Waals surface area contributed by atoms with Gasteiger partial charge in [-0.05, 0) is 12.0 Å². The number of carbonyl (C=O) groups is 2. The highest BCUT2D eigenvalue weighted by molar-refractivity contribution is 5.69. The molecule has 1 aromatic carbocycles. The van der Waals surface area contributed by atoms with Crippen molar-refractivity contribution in [1.29, 1.82) is 5.26 Å². The summed E-state index contributed by atoms with van der Waals surface area (Å²) in [5, 5.41) is 19.6. The molecule has 0 saturated heterocycles. The summed E-state index contributed by atoms with van der Waals surface area (Å²) in [5.41, 5.74) is 0.830. The first kappa shape index (κ1) is 14.5. The average molecular weight is 262 g/mol. The molecule has 6 nitrogen and oxygen atoms in total. The van der Waals surface area contributed by atoms with Gasteiger partial charge in [-0.25, -0.2) is 4.79 Å². The number of carboxylic acid groups (broad SMARTS) is 1. The standard InChI is InChI=1S/C13H14N2O4/c14-8-11(6-7-12(16)17)15-13(18)19-9-10-4-2-1-3-5-10/h1-5,11H,6-7,9H2,(H,15,18)(H,16,17)/t11-/m1/s1. The van der Waals surface area contributed by atoms with Gasteiger partial charge in [0, 0.05) is 6.42 Å². The van der Waals surface area contributed by atoms with E-state index in [1.165, 1.54) is 0 Å². The van der Waals surface area contributed by atoms with Crippen LogP contribution in [0.2, 0.25) is 0 Å². The molecule has 0 heterocycles. The van der Waals surface area contributed by atoms with Crippen LogP contribution in [0.3, 0.4) is 0 Å². The molecule has 0 aromatic heterocycles. The lowest BCUT2D eigenvalue weighted by molar-refractivity contribution is -0.137. The predicted octanol–water partition coefficient (Wildman–Crippen LogP) is 1.67. The number of carbonyl (C=O) groups excluding carboxylic acids is 1. The van der Waals surface area contributed by atoms with Crippen molar-refractivity contribution in [2.24, 2.45) is 0 Å². The summed E-state index contributed by atoms with van der Waals surface area (Å²) in [5.74, 6) is -1.01. The summed E-state index contributed by atoms with van der Waals surface area (Å²) in [6, 6.07) is 10.0. The number of nitriles is 1. The van der Waals surface area contributed by atoms with Crippen molar-refractivity contribution in [3.63, 3.8) is 0 Å². The third-order valence-electron chi connectivity index (χ3n) is 2.31. The number of rotatable bonds is 6. The summed E-state index contributed by atoms with van der Waals surface area (Å²) in [6.45, 7) is 0.101. The van der Waals surface area contributed by atoms with Crippen LogP contribution in [-0.2, 0) is 16.1 Å². The highest BCUT2D eigenvalue weighted by Crippen LogP contribution is 2.02. The number of amides is 1. The minimum Gasteiger partial charge on any atom is -0.481 e. The topological polar surface area (TPSA) is 99.4 Å². The summed E-state index contributed by atoms with van der Waals surface area (Å²) < 4.78 is 4.92. The molecular formula is C13H14N2O4. The van der Waals surface area contributed by atoms with E-state index in [2.05, 4.69) is 5.32 Å². The maximum absolute atomic E-state index is 11.4. The Morgan fingerprint density at radius 2 is 2.05 bits per heavy atom. The Morgan fingerprint density at radius 1 is 1.37 bits per heavy atom. The monoisotopic (exact) mass is 262 g/mol. The molecule has 0 aliphatic carbocycles. The number of hydrogen-bond acceptors (Lipinski definition) is 4. The van der Waals surface area contributed by atoms with E-state index in [4.69, 9.17) is 15.1 Å². The van der Waals surface area contributed by atoms with Crippen LogP contribution in [0.5, 0.6) is 0 Å². The van der Waals surface area contributed by atoms with Crippen molar-refractivity contribution in [3.05, 3.63) is 35.9 Å². The van der Waals surface area contributed by atoms with Crippen molar-refractivity contribution in [3.8, 4) is 6.07 Å². The Balaban J connectivity index is 2.33. The molecule has 0 spiro atoms. The number of hydrogen-bond donors (Lipinski definition) is 2. The largest absolute Gasteiger partial charge is 0.481 e. The summed E-state index contributed by atoms with van der Waals surface area (Å²) in [4.78, 5) is 21.8. The van der Waals surface area contributed by atoms with E-state index >= 15 is 0 Å². The zero-order chi connectivity index (χ0) is 14.1. The van der Waals surface area contributed by atoms with Crippen LogP contribution in [0.1, 0.15) is 18.4 Å². The highest BCUT2D eigenvalue weighted by Gasteiger charge is 2.13. The van der Waals surface area contributed by atoms with Crippen molar-refractivity contribution in [2.45, 2.75) is 25.5 Å². The Labute approximate surface area is 110 Å². The first-order chi connectivity index (χ1) is 9.11. The van der Waals surface area contributed by atoms with E-state index in [0.29, 0.717) is 0 Å². The van der Waals surface area contributed by atoms with Crippen molar-refractivity contribution < 1.29 is 19.4 Å². The molecule has 0 fully saturated rings. The molecular weight excluding hydrogens is 248 g/mol.